The van der Waals surface area contributed by atoms with Crippen LogP contribution in [0.3, 0.4) is 0 Å². The lowest BCUT2D eigenvalue weighted by atomic mass is 10.1. The van der Waals surface area contributed by atoms with Gasteiger partial charge < -0.3 is 14.6 Å². The van der Waals surface area contributed by atoms with Crippen molar-refractivity contribution in [3.8, 4) is 11.4 Å². The highest BCUT2D eigenvalue weighted by Crippen LogP contribution is 2.26. The van der Waals surface area contributed by atoms with Crippen LogP contribution in [0.4, 0.5) is 5.95 Å². The zero-order valence-electron chi connectivity index (χ0n) is 18.3. The van der Waals surface area contributed by atoms with Crippen LogP contribution in [-0.4, -0.2) is 61.7 Å². The third-order valence-corrected chi connectivity index (χ3v) is 6.00. The molecular formula is C25H26N6O2. The molecule has 0 radical (unpaired) electrons. The second-order valence-electron chi connectivity index (χ2n) is 8.23. The molecule has 0 spiro atoms. The largest absolute Gasteiger partial charge is 0.481 e. The Morgan fingerprint density at radius 3 is 2.52 bits per heavy atom. The predicted octanol–water partition coefficient (Wildman–Crippen LogP) is 3.29. The minimum Gasteiger partial charge on any atom is -0.481 e. The lowest BCUT2D eigenvalue weighted by Gasteiger charge is -2.34. The molecule has 8 nitrogen and oxygen atoms in total. The van der Waals surface area contributed by atoms with Crippen molar-refractivity contribution in [1.82, 2.24) is 24.4 Å². The number of aromatic nitrogens is 4. The van der Waals surface area contributed by atoms with E-state index in [1.165, 1.54) is 5.56 Å². The molecule has 2 aromatic heterocycles. The number of anilines is 1. The maximum atomic E-state index is 11.2. The van der Waals surface area contributed by atoms with E-state index in [0.29, 0.717) is 6.54 Å². The number of para-hydroxylation sites is 2. The van der Waals surface area contributed by atoms with Crippen LogP contribution in [0.1, 0.15) is 12.0 Å². The van der Waals surface area contributed by atoms with E-state index in [2.05, 4.69) is 38.0 Å². The van der Waals surface area contributed by atoms with Gasteiger partial charge in [-0.2, -0.15) is 0 Å². The van der Waals surface area contributed by atoms with Gasteiger partial charge in [-0.1, -0.05) is 30.3 Å². The molecule has 5 rings (SSSR count). The molecule has 0 unspecified atom stereocenters. The van der Waals surface area contributed by atoms with Crippen molar-refractivity contribution in [2.75, 3.05) is 31.1 Å². The molecule has 0 bridgehead atoms. The number of hydrogen-bond donors (Lipinski definition) is 1. The average Bonchev–Trinajstić information content (AvgIpc) is 3.23. The lowest BCUT2D eigenvalue weighted by Crippen LogP contribution is -2.46. The molecule has 0 atom stereocenters. The maximum absolute atomic E-state index is 11.2. The summed E-state index contributed by atoms with van der Waals surface area (Å²) in [6.07, 6.45) is 3.62. The third kappa shape index (κ3) is 4.70. The number of imidazole rings is 1. The highest BCUT2D eigenvalue weighted by molar-refractivity contribution is 5.81. The second-order valence-corrected chi connectivity index (χ2v) is 8.23. The van der Waals surface area contributed by atoms with Gasteiger partial charge in [-0.25, -0.2) is 15.0 Å². The number of fused-ring (bicyclic) bond motifs is 1. The third-order valence-electron chi connectivity index (χ3n) is 6.00. The number of benzene rings is 2. The molecule has 0 saturated carbocycles. The van der Waals surface area contributed by atoms with Gasteiger partial charge in [0, 0.05) is 57.2 Å². The van der Waals surface area contributed by atoms with Crippen LogP contribution in [0.5, 0.6) is 0 Å². The van der Waals surface area contributed by atoms with E-state index in [1.807, 2.05) is 41.0 Å². The monoisotopic (exact) mass is 442 g/mol. The number of nitrogens with zero attached hydrogens (tertiary/aromatic N) is 6. The highest BCUT2D eigenvalue weighted by atomic mass is 16.4. The first-order chi connectivity index (χ1) is 16.2. The topological polar surface area (TPSA) is 87.4 Å². The second kappa shape index (κ2) is 9.38. The van der Waals surface area contributed by atoms with Crippen molar-refractivity contribution in [1.29, 1.82) is 0 Å². The summed E-state index contributed by atoms with van der Waals surface area (Å²) in [5.41, 5.74) is 4.06. The van der Waals surface area contributed by atoms with Gasteiger partial charge in [-0.15, -0.1) is 0 Å². The summed E-state index contributed by atoms with van der Waals surface area (Å²) < 4.78 is 2.02. The van der Waals surface area contributed by atoms with Crippen molar-refractivity contribution in [2.45, 2.75) is 19.5 Å². The molecule has 0 amide bonds. The number of hydrogen-bond acceptors (Lipinski definition) is 6. The Hall–Kier alpha value is -3.78. The fourth-order valence-electron chi connectivity index (χ4n) is 4.36. The fourth-order valence-corrected chi connectivity index (χ4v) is 4.36. The predicted molar refractivity (Wildman–Crippen MR) is 127 cm³/mol. The standard InChI is InChI=1S/C25H26N6O2/c32-23(33)9-12-31-22-8-2-1-7-21(22)28-24(31)20-6-3-5-19(17-20)18-29-13-15-30(16-14-29)25-26-10-4-11-27-25/h1-8,10-11,17H,9,12-16,18H2,(H,32,33). The van der Waals surface area contributed by atoms with Gasteiger partial charge in [0.15, 0.2) is 0 Å². The molecule has 3 heterocycles. The van der Waals surface area contributed by atoms with Crippen LogP contribution in [-0.2, 0) is 17.9 Å². The summed E-state index contributed by atoms with van der Waals surface area (Å²) in [4.78, 5) is 29.4. The molecule has 1 fully saturated rings. The van der Waals surface area contributed by atoms with E-state index in [1.54, 1.807) is 12.4 Å². The normalized spacial score (nSPS) is 14.6. The molecule has 1 aliphatic rings. The minimum atomic E-state index is -0.812. The summed E-state index contributed by atoms with van der Waals surface area (Å²) >= 11 is 0. The molecule has 0 aliphatic carbocycles. The van der Waals surface area contributed by atoms with Crippen molar-refractivity contribution in [3.63, 3.8) is 0 Å². The molecule has 1 saturated heterocycles. The van der Waals surface area contributed by atoms with E-state index < -0.39 is 5.97 Å². The van der Waals surface area contributed by atoms with E-state index in [-0.39, 0.29) is 6.42 Å². The Morgan fingerprint density at radius 2 is 1.73 bits per heavy atom. The fraction of sp³-hybridized carbons (Fsp3) is 0.280. The number of piperazine rings is 1. The molecule has 168 valence electrons. The van der Waals surface area contributed by atoms with E-state index in [0.717, 1.165) is 61.1 Å². The van der Waals surface area contributed by atoms with Gasteiger partial charge >= 0.3 is 5.97 Å². The Labute approximate surface area is 192 Å². The van der Waals surface area contributed by atoms with Crippen LogP contribution < -0.4 is 4.90 Å². The van der Waals surface area contributed by atoms with Gasteiger partial charge in [0.25, 0.3) is 0 Å². The average molecular weight is 443 g/mol. The zero-order valence-corrected chi connectivity index (χ0v) is 18.3. The van der Waals surface area contributed by atoms with Crippen LogP contribution in [0.2, 0.25) is 0 Å². The lowest BCUT2D eigenvalue weighted by molar-refractivity contribution is -0.137. The number of carbonyl (C=O) groups is 1. The van der Waals surface area contributed by atoms with Crippen molar-refractivity contribution in [2.24, 2.45) is 0 Å². The summed E-state index contributed by atoms with van der Waals surface area (Å²) in [5.74, 6) is 0.789. The molecule has 33 heavy (non-hydrogen) atoms. The first-order valence-corrected chi connectivity index (χ1v) is 11.2. The number of aryl methyl sites for hydroxylation is 1. The Bertz CT molecular complexity index is 1250. The molecular weight excluding hydrogens is 416 g/mol. The van der Waals surface area contributed by atoms with Crippen molar-refractivity contribution in [3.05, 3.63) is 72.6 Å². The van der Waals surface area contributed by atoms with Gasteiger partial charge in [-0.3, -0.25) is 9.69 Å². The van der Waals surface area contributed by atoms with E-state index >= 15 is 0 Å². The smallest absolute Gasteiger partial charge is 0.305 e. The van der Waals surface area contributed by atoms with Crippen molar-refractivity contribution < 1.29 is 9.90 Å². The van der Waals surface area contributed by atoms with Gasteiger partial charge in [0.1, 0.15) is 5.82 Å². The molecule has 1 aliphatic heterocycles. The SMILES string of the molecule is O=C(O)CCn1c(-c2cccc(CN3CCN(c4ncccn4)CC3)c2)nc2ccccc21. The quantitative estimate of drug-likeness (QED) is 0.470. The first kappa shape index (κ1) is 21.1. The molecule has 8 heteroatoms. The van der Waals surface area contributed by atoms with Crippen LogP contribution in [0, 0.1) is 0 Å². The Kier molecular flexibility index (Phi) is 5.99. The van der Waals surface area contributed by atoms with Crippen LogP contribution in [0.15, 0.2) is 67.0 Å². The number of aliphatic carboxylic acids is 1. The number of carboxylic acid groups (broad SMARTS) is 1. The van der Waals surface area contributed by atoms with Crippen molar-refractivity contribution >= 4 is 23.0 Å². The Balaban J connectivity index is 1.33. The zero-order chi connectivity index (χ0) is 22.6. The molecule has 2 aromatic carbocycles. The molecule has 4 aromatic rings. The highest BCUT2D eigenvalue weighted by Gasteiger charge is 2.19. The number of carboxylic acids is 1. The Morgan fingerprint density at radius 1 is 0.939 bits per heavy atom. The van der Waals surface area contributed by atoms with E-state index in [9.17, 15) is 9.90 Å². The van der Waals surface area contributed by atoms with Gasteiger partial charge in [0.2, 0.25) is 5.95 Å². The van der Waals surface area contributed by atoms with Crippen LogP contribution >= 0.6 is 0 Å². The van der Waals surface area contributed by atoms with Crippen LogP contribution in [0.25, 0.3) is 22.4 Å². The summed E-state index contributed by atoms with van der Waals surface area (Å²) in [7, 11) is 0. The summed E-state index contributed by atoms with van der Waals surface area (Å²) in [6.45, 7) is 4.92. The first-order valence-electron chi connectivity index (χ1n) is 11.2. The summed E-state index contributed by atoms with van der Waals surface area (Å²) in [6, 6.07) is 18.1. The minimum absolute atomic E-state index is 0.0580. The summed E-state index contributed by atoms with van der Waals surface area (Å²) in [5, 5.41) is 9.21. The maximum Gasteiger partial charge on any atom is 0.305 e. The number of rotatable bonds is 7. The molecule has 1 N–H and O–H groups in total. The van der Waals surface area contributed by atoms with Gasteiger partial charge in [-0.05, 0) is 29.8 Å². The van der Waals surface area contributed by atoms with E-state index in [4.69, 9.17) is 4.98 Å². The van der Waals surface area contributed by atoms with Gasteiger partial charge in [0.05, 0.1) is 17.5 Å².